The van der Waals surface area contributed by atoms with Gasteiger partial charge in [0.25, 0.3) is 5.91 Å². The number of nitrogens with one attached hydrogen (secondary N) is 3. The Hall–Kier alpha value is -1.64. The SMILES string of the molecule is CNS(=O)(=O)c1cc(C(=O)NC2CNCCC2C)ccc1OC. The van der Waals surface area contributed by atoms with Gasteiger partial charge in [-0.1, -0.05) is 6.92 Å². The number of methoxy groups -OCH3 is 1. The molecular weight excluding hydrogens is 318 g/mol. The van der Waals surface area contributed by atoms with Gasteiger partial charge >= 0.3 is 0 Å². The molecule has 128 valence electrons. The van der Waals surface area contributed by atoms with Crippen molar-refractivity contribution in [2.45, 2.75) is 24.3 Å². The van der Waals surface area contributed by atoms with E-state index in [0.29, 0.717) is 12.5 Å². The van der Waals surface area contributed by atoms with Crippen LogP contribution >= 0.6 is 0 Å². The van der Waals surface area contributed by atoms with Crippen LogP contribution in [-0.2, 0) is 10.0 Å². The first-order chi connectivity index (χ1) is 10.9. The van der Waals surface area contributed by atoms with Gasteiger partial charge in [0, 0.05) is 18.2 Å². The van der Waals surface area contributed by atoms with E-state index in [1.165, 1.54) is 26.3 Å². The molecule has 1 fully saturated rings. The van der Waals surface area contributed by atoms with Crippen molar-refractivity contribution in [3.63, 3.8) is 0 Å². The van der Waals surface area contributed by atoms with Crippen molar-refractivity contribution in [1.29, 1.82) is 0 Å². The molecule has 0 saturated carbocycles. The third kappa shape index (κ3) is 4.01. The van der Waals surface area contributed by atoms with E-state index in [-0.39, 0.29) is 28.2 Å². The summed E-state index contributed by atoms with van der Waals surface area (Å²) in [6, 6.07) is 4.41. The summed E-state index contributed by atoms with van der Waals surface area (Å²) < 4.78 is 31.4. The van der Waals surface area contributed by atoms with E-state index in [9.17, 15) is 13.2 Å². The predicted molar refractivity (Wildman–Crippen MR) is 87.1 cm³/mol. The Bertz CT molecular complexity index is 675. The van der Waals surface area contributed by atoms with Crippen molar-refractivity contribution < 1.29 is 17.9 Å². The molecule has 2 rings (SSSR count). The predicted octanol–water partition coefficient (Wildman–Crippen LogP) is 0.331. The topological polar surface area (TPSA) is 96.5 Å². The number of hydrogen-bond acceptors (Lipinski definition) is 5. The van der Waals surface area contributed by atoms with Crippen LogP contribution in [0.4, 0.5) is 0 Å². The van der Waals surface area contributed by atoms with Crippen LogP contribution in [0.3, 0.4) is 0 Å². The maximum atomic E-state index is 12.4. The zero-order valence-corrected chi connectivity index (χ0v) is 14.4. The lowest BCUT2D eigenvalue weighted by atomic mass is 9.94. The number of benzene rings is 1. The third-order valence-electron chi connectivity index (χ3n) is 4.13. The zero-order valence-electron chi connectivity index (χ0n) is 13.5. The molecular formula is C15H23N3O4S. The quantitative estimate of drug-likeness (QED) is 0.717. The third-order valence-corrected chi connectivity index (χ3v) is 5.56. The molecule has 7 nitrogen and oxygen atoms in total. The molecule has 0 aromatic heterocycles. The van der Waals surface area contributed by atoms with Gasteiger partial charge in [0.2, 0.25) is 10.0 Å². The van der Waals surface area contributed by atoms with E-state index < -0.39 is 10.0 Å². The number of sulfonamides is 1. The standard InChI is InChI=1S/C15H23N3O4S/c1-10-6-7-17-9-12(10)18-15(19)11-4-5-13(22-3)14(8-11)23(20,21)16-2/h4-5,8,10,12,16-17H,6-7,9H2,1-3H3,(H,18,19). The molecule has 1 aliphatic rings. The van der Waals surface area contributed by atoms with Crippen LogP contribution in [0.15, 0.2) is 23.1 Å². The second-order valence-corrected chi connectivity index (χ2v) is 7.48. The highest BCUT2D eigenvalue weighted by Crippen LogP contribution is 2.25. The first-order valence-electron chi connectivity index (χ1n) is 7.52. The summed E-state index contributed by atoms with van der Waals surface area (Å²) in [7, 11) is -1.00. The fraction of sp³-hybridized carbons (Fsp3) is 0.533. The van der Waals surface area contributed by atoms with Crippen LogP contribution in [0, 0.1) is 5.92 Å². The van der Waals surface area contributed by atoms with Crippen LogP contribution in [0.1, 0.15) is 23.7 Å². The van der Waals surface area contributed by atoms with Crippen LogP contribution in [0.2, 0.25) is 0 Å². The number of hydrogen-bond donors (Lipinski definition) is 3. The van der Waals surface area contributed by atoms with Crippen molar-refractivity contribution in [3.05, 3.63) is 23.8 Å². The molecule has 0 radical (unpaired) electrons. The molecule has 0 bridgehead atoms. The molecule has 8 heteroatoms. The molecule has 1 aromatic rings. The molecule has 1 aliphatic heterocycles. The number of carbonyl (C=O) groups excluding carboxylic acids is 1. The van der Waals surface area contributed by atoms with Crippen molar-refractivity contribution >= 4 is 15.9 Å². The zero-order chi connectivity index (χ0) is 17.0. The Morgan fingerprint density at radius 3 is 2.74 bits per heavy atom. The number of ether oxygens (including phenoxy) is 1. The van der Waals surface area contributed by atoms with E-state index in [1.807, 2.05) is 0 Å². The van der Waals surface area contributed by atoms with Gasteiger partial charge < -0.3 is 15.4 Å². The molecule has 1 amide bonds. The summed E-state index contributed by atoms with van der Waals surface area (Å²) in [6.45, 7) is 3.75. The molecule has 2 unspecified atom stereocenters. The summed E-state index contributed by atoms with van der Waals surface area (Å²) in [5.74, 6) is 0.281. The Labute approximate surface area is 136 Å². The summed E-state index contributed by atoms with van der Waals surface area (Å²) in [4.78, 5) is 12.4. The minimum absolute atomic E-state index is 0.0303. The fourth-order valence-corrected chi connectivity index (χ4v) is 3.49. The van der Waals surface area contributed by atoms with Crippen LogP contribution in [-0.4, -0.2) is 47.6 Å². The number of amides is 1. The van der Waals surface area contributed by atoms with Gasteiger partial charge in [-0.25, -0.2) is 13.1 Å². The minimum Gasteiger partial charge on any atom is -0.495 e. The maximum Gasteiger partial charge on any atom is 0.251 e. The molecule has 0 spiro atoms. The second-order valence-electron chi connectivity index (χ2n) is 5.62. The maximum absolute atomic E-state index is 12.4. The lowest BCUT2D eigenvalue weighted by Gasteiger charge is -2.30. The first-order valence-corrected chi connectivity index (χ1v) is 9.00. The minimum atomic E-state index is -3.71. The van der Waals surface area contributed by atoms with Gasteiger partial charge in [-0.2, -0.15) is 0 Å². The number of rotatable bonds is 5. The van der Waals surface area contributed by atoms with E-state index in [1.54, 1.807) is 6.07 Å². The Morgan fingerprint density at radius 2 is 2.13 bits per heavy atom. The van der Waals surface area contributed by atoms with Crippen molar-refractivity contribution in [2.24, 2.45) is 5.92 Å². The fourth-order valence-electron chi connectivity index (χ4n) is 2.57. The molecule has 1 heterocycles. The van der Waals surface area contributed by atoms with Crippen LogP contribution in [0.25, 0.3) is 0 Å². The van der Waals surface area contributed by atoms with Crippen molar-refractivity contribution in [1.82, 2.24) is 15.4 Å². The van der Waals surface area contributed by atoms with Crippen molar-refractivity contribution in [2.75, 3.05) is 27.2 Å². The average Bonchev–Trinajstić information content (AvgIpc) is 2.56. The molecule has 1 aromatic carbocycles. The summed E-state index contributed by atoms with van der Waals surface area (Å²) >= 11 is 0. The Morgan fingerprint density at radius 1 is 1.39 bits per heavy atom. The smallest absolute Gasteiger partial charge is 0.251 e. The van der Waals surface area contributed by atoms with E-state index in [2.05, 4.69) is 22.3 Å². The number of piperidine rings is 1. The van der Waals surface area contributed by atoms with Crippen molar-refractivity contribution in [3.8, 4) is 5.75 Å². The van der Waals surface area contributed by atoms with Gasteiger partial charge in [-0.3, -0.25) is 4.79 Å². The van der Waals surface area contributed by atoms with Crippen LogP contribution < -0.4 is 20.1 Å². The monoisotopic (exact) mass is 341 g/mol. The summed E-state index contributed by atoms with van der Waals surface area (Å²) in [6.07, 6.45) is 0.993. The number of carbonyl (C=O) groups is 1. The van der Waals surface area contributed by atoms with E-state index in [0.717, 1.165) is 13.0 Å². The van der Waals surface area contributed by atoms with Gasteiger partial charge in [-0.15, -0.1) is 0 Å². The second kappa shape index (κ2) is 7.29. The van der Waals surface area contributed by atoms with Gasteiger partial charge in [-0.05, 0) is 44.1 Å². The highest BCUT2D eigenvalue weighted by molar-refractivity contribution is 7.89. The summed E-state index contributed by atoms with van der Waals surface area (Å²) in [5, 5.41) is 6.21. The largest absolute Gasteiger partial charge is 0.495 e. The van der Waals surface area contributed by atoms with Gasteiger partial charge in [0.05, 0.1) is 7.11 Å². The highest BCUT2D eigenvalue weighted by atomic mass is 32.2. The van der Waals surface area contributed by atoms with Gasteiger partial charge in [0.1, 0.15) is 10.6 Å². The lowest BCUT2D eigenvalue weighted by Crippen LogP contribution is -2.50. The molecule has 1 saturated heterocycles. The summed E-state index contributed by atoms with van der Waals surface area (Å²) in [5.41, 5.74) is 0.289. The van der Waals surface area contributed by atoms with Crippen LogP contribution in [0.5, 0.6) is 5.75 Å². The highest BCUT2D eigenvalue weighted by Gasteiger charge is 2.25. The molecule has 2 atom stereocenters. The molecule has 23 heavy (non-hydrogen) atoms. The average molecular weight is 341 g/mol. The van der Waals surface area contributed by atoms with Gasteiger partial charge in [0.15, 0.2) is 0 Å². The lowest BCUT2D eigenvalue weighted by molar-refractivity contribution is 0.0915. The Balaban J connectivity index is 2.25. The first kappa shape index (κ1) is 17.7. The normalized spacial score (nSPS) is 21.7. The van der Waals surface area contributed by atoms with E-state index >= 15 is 0 Å². The van der Waals surface area contributed by atoms with E-state index in [4.69, 9.17) is 4.74 Å². The Kier molecular flexibility index (Phi) is 5.61. The molecule has 3 N–H and O–H groups in total. The molecule has 0 aliphatic carbocycles.